The molecule has 0 bridgehead atoms. The van der Waals surface area contributed by atoms with Crippen LogP contribution in [0.4, 0.5) is 0 Å². The van der Waals surface area contributed by atoms with Gasteiger partial charge in [-0.25, -0.2) is 0 Å². The molecule has 5 heteroatoms. The second kappa shape index (κ2) is 6.20. The van der Waals surface area contributed by atoms with Crippen LogP contribution in [0.1, 0.15) is 51.3 Å². The first-order chi connectivity index (χ1) is 12.0. The van der Waals surface area contributed by atoms with Crippen molar-refractivity contribution in [3.05, 3.63) is 59.2 Å². The Balaban J connectivity index is 2.02. The van der Waals surface area contributed by atoms with Crippen molar-refractivity contribution in [1.82, 2.24) is 0 Å². The molecule has 0 spiro atoms. The molecule has 0 saturated heterocycles. The zero-order valence-electron chi connectivity index (χ0n) is 16.1. The van der Waals surface area contributed by atoms with E-state index in [-0.39, 0.29) is 5.41 Å². The highest BCUT2D eigenvalue weighted by atomic mass is 16.6. The fourth-order valence-corrected chi connectivity index (χ4v) is 3.89. The van der Waals surface area contributed by atoms with Gasteiger partial charge in [0, 0.05) is 11.8 Å². The van der Waals surface area contributed by atoms with Crippen molar-refractivity contribution >= 4 is 7.32 Å². The predicted molar refractivity (Wildman–Crippen MR) is 104 cm³/mol. The van der Waals surface area contributed by atoms with E-state index in [4.69, 9.17) is 4.65 Å². The van der Waals surface area contributed by atoms with Gasteiger partial charge in [-0.15, -0.1) is 0 Å². The van der Waals surface area contributed by atoms with Crippen molar-refractivity contribution in [2.45, 2.75) is 57.7 Å². The molecule has 3 N–H and O–H groups in total. The quantitative estimate of drug-likeness (QED) is 0.722. The van der Waals surface area contributed by atoms with Gasteiger partial charge >= 0.3 is 7.32 Å². The molecule has 26 heavy (non-hydrogen) atoms. The lowest BCUT2D eigenvalue weighted by Gasteiger charge is -2.41. The van der Waals surface area contributed by atoms with Crippen molar-refractivity contribution < 1.29 is 19.8 Å². The molecule has 0 saturated carbocycles. The van der Waals surface area contributed by atoms with Crippen molar-refractivity contribution in [1.29, 1.82) is 0 Å². The minimum Gasteiger partial charge on any atom is -0.402 e. The zero-order valence-corrected chi connectivity index (χ0v) is 16.1. The maximum Gasteiger partial charge on any atom is 0.634 e. The summed E-state index contributed by atoms with van der Waals surface area (Å²) in [6, 6.07) is 14.7. The van der Waals surface area contributed by atoms with Crippen LogP contribution in [0.3, 0.4) is 0 Å². The van der Waals surface area contributed by atoms with E-state index in [1.807, 2.05) is 6.07 Å². The van der Waals surface area contributed by atoms with Crippen LogP contribution < -0.4 is 0 Å². The average molecular weight is 354 g/mol. The lowest BCUT2D eigenvalue weighted by atomic mass is 9.78. The van der Waals surface area contributed by atoms with E-state index in [1.165, 1.54) is 22.3 Å². The first-order valence-electron chi connectivity index (χ1n) is 8.95. The first kappa shape index (κ1) is 19.1. The molecular weight excluding hydrogens is 327 g/mol. The van der Waals surface area contributed by atoms with E-state index >= 15 is 0 Å². The van der Waals surface area contributed by atoms with Gasteiger partial charge in [0.15, 0.2) is 0 Å². The Bertz CT molecular complexity index is 823. The van der Waals surface area contributed by atoms with Crippen LogP contribution in [0, 0.1) is 0 Å². The Morgan fingerprint density at radius 3 is 2.19 bits per heavy atom. The third kappa shape index (κ3) is 3.10. The third-order valence-corrected chi connectivity index (χ3v) is 5.85. The number of benzene rings is 2. The molecule has 0 aliphatic heterocycles. The van der Waals surface area contributed by atoms with E-state index in [0.717, 1.165) is 5.56 Å². The van der Waals surface area contributed by atoms with Crippen molar-refractivity contribution in [2.24, 2.45) is 0 Å². The Labute approximate surface area is 155 Å². The van der Waals surface area contributed by atoms with Gasteiger partial charge in [-0.1, -0.05) is 56.3 Å². The van der Waals surface area contributed by atoms with E-state index in [9.17, 15) is 15.2 Å². The van der Waals surface area contributed by atoms with Gasteiger partial charge in [-0.3, -0.25) is 0 Å². The number of fused-ring (bicyclic) bond motifs is 3. The summed E-state index contributed by atoms with van der Waals surface area (Å²) >= 11 is 0. The van der Waals surface area contributed by atoms with Crippen LogP contribution in [0.25, 0.3) is 11.1 Å². The van der Waals surface area contributed by atoms with Crippen LogP contribution in [-0.4, -0.2) is 33.7 Å². The Morgan fingerprint density at radius 2 is 1.58 bits per heavy atom. The minimum absolute atomic E-state index is 0.107. The Morgan fingerprint density at radius 1 is 0.962 bits per heavy atom. The topological polar surface area (TPSA) is 69.9 Å². The molecule has 0 aromatic heterocycles. The Kier molecular flexibility index (Phi) is 4.56. The van der Waals surface area contributed by atoms with Gasteiger partial charge < -0.3 is 19.8 Å². The number of aliphatic hydroxyl groups is 1. The lowest BCUT2D eigenvalue weighted by Crippen LogP contribution is -2.54. The monoisotopic (exact) mass is 354 g/mol. The summed E-state index contributed by atoms with van der Waals surface area (Å²) in [5.74, 6) is 0. The van der Waals surface area contributed by atoms with Gasteiger partial charge in [0.1, 0.15) is 0 Å². The standard InChI is InChI=1S/C21H27BO4/c1-19(2)17-9-7-6-8-15(17)16-11-10-14(12-18(16)19)13-21(5,20(3,4)23)26-22(24)25/h6-12,23-25H,13H2,1-5H3. The summed E-state index contributed by atoms with van der Waals surface area (Å²) in [6.07, 6.45) is 0.355. The number of rotatable bonds is 5. The number of hydrogen-bond donors (Lipinski definition) is 3. The van der Waals surface area contributed by atoms with Gasteiger partial charge in [-0.05, 0) is 48.6 Å². The van der Waals surface area contributed by atoms with Gasteiger partial charge in [0.2, 0.25) is 0 Å². The van der Waals surface area contributed by atoms with Gasteiger partial charge in [0.25, 0.3) is 0 Å². The highest BCUT2D eigenvalue weighted by Crippen LogP contribution is 2.49. The number of hydrogen-bond acceptors (Lipinski definition) is 4. The molecule has 3 rings (SSSR count). The third-order valence-electron chi connectivity index (χ3n) is 5.85. The van der Waals surface area contributed by atoms with Gasteiger partial charge in [-0.2, -0.15) is 0 Å². The van der Waals surface area contributed by atoms with Crippen molar-refractivity contribution in [3.63, 3.8) is 0 Å². The molecule has 1 unspecified atom stereocenters. The highest BCUT2D eigenvalue weighted by Gasteiger charge is 2.44. The summed E-state index contributed by atoms with van der Waals surface area (Å²) in [5.41, 5.74) is 3.49. The summed E-state index contributed by atoms with van der Waals surface area (Å²) in [6.45, 7) is 9.35. The molecule has 1 aliphatic carbocycles. The van der Waals surface area contributed by atoms with Crippen LogP contribution >= 0.6 is 0 Å². The Hall–Kier alpha value is -1.66. The van der Waals surface area contributed by atoms with E-state index in [1.54, 1.807) is 20.8 Å². The first-order valence-corrected chi connectivity index (χ1v) is 8.95. The molecule has 1 atom stereocenters. The minimum atomic E-state index is -1.94. The molecular formula is C21H27BO4. The van der Waals surface area contributed by atoms with Crippen molar-refractivity contribution in [2.75, 3.05) is 0 Å². The van der Waals surface area contributed by atoms with E-state index in [2.05, 4.69) is 50.2 Å². The summed E-state index contributed by atoms with van der Waals surface area (Å²) in [5, 5.41) is 29.2. The summed E-state index contributed by atoms with van der Waals surface area (Å²) < 4.78 is 5.30. The SMILES string of the molecule is CC1(C)c2ccccc2-c2ccc(CC(C)(OB(O)O)C(C)(C)O)cc21. The molecule has 2 aromatic carbocycles. The average Bonchev–Trinajstić information content (AvgIpc) is 2.74. The fraction of sp³-hybridized carbons (Fsp3) is 0.429. The van der Waals surface area contributed by atoms with E-state index < -0.39 is 18.5 Å². The summed E-state index contributed by atoms with van der Waals surface area (Å²) in [7, 11) is -1.94. The molecule has 4 nitrogen and oxygen atoms in total. The van der Waals surface area contributed by atoms with Crippen LogP contribution in [-0.2, 0) is 16.5 Å². The predicted octanol–water partition coefficient (Wildman–Crippen LogP) is 3.05. The second-order valence-corrected chi connectivity index (χ2v) is 8.46. The lowest BCUT2D eigenvalue weighted by molar-refractivity contribution is -0.119. The largest absolute Gasteiger partial charge is 0.634 e. The zero-order chi connectivity index (χ0) is 19.3. The maximum absolute atomic E-state index is 10.5. The molecule has 138 valence electrons. The maximum atomic E-state index is 10.5. The van der Waals surface area contributed by atoms with Crippen LogP contribution in [0.2, 0.25) is 0 Å². The molecule has 0 fully saturated rings. The van der Waals surface area contributed by atoms with E-state index in [0.29, 0.717) is 6.42 Å². The normalized spacial score (nSPS) is 17.4. The molecule has 1 aliphatic rings. The highest BCUT2D eigenvalue weighted by molar-refractivity contribution is 6.32. The molecule has 2 aromatic rings. The molecule has 0 amide bonds. The smallest absolute Gasteiger partial charge is 0.402 e. The van der Waals surface area contributed by atoms with Crippen molar-refractivity contribution in [3.8, 4) is 11.1 Å². The second-order valence-electron chi connectivity index (χ2n) is 8.46. The fourth-order valence-electron chi connectivity index (χ4n) is 3.89. The van der Waals surface area contributed by atoms with Gasteiger partial charge in [0.05, 0.1) is 11.2 Å². The molecule has 0 heterocycles. The van der Waals surface area contributed by atoms with Crippen LogP contribution in [0.5, 0.6) is 0 Å². The molecule has 0 radical (unpaired) electrons. The van der Waals surface area contributed by atoms with Crippen LogP contribution in [0.15, 0.2) is 42.5 Å². The summed E-state index contributed by atoms with van der Waals surface area (Å²) in [4.78, 5) is 0.